The summed E-state index contributed by atoms with van der Waals surface area (Å²) in [6.07, 6.45) is 0. The van der Waals surface area contributed by atoms with Gasteiger partial charge in [-0.15, -0.1) is 0 Å². The van der Waals surface area contributed by atoms with Crippen LogP contribution in [0.4, 0.5) is 0 Å². The Balaban J connectivity index is 2.23. The van der Waals surface area contributed by atoms with Crippen molar-refractivity contribution in [1.29, 1.82) is 0 Å². The molecular formula is C24H38OSi2. The second-order valence-electron chi connectivity index (χ2n) is 8.95. The standard InChI is InChI=1S/C24H38OSi2/c1-15(2)19-11-9-13-21(23(19)17(5)6)26-25-27-22-14-10-12-20(16(3)4)24(22)18(7)8/h9-18H,26-27H2,1-8H3. The Bertz CT molecular complexity index is 685. The molecule has 0 aromatic heterocycles. The minimum atomic E-state index is -0.691. The topological polar surface area (TPSA) is 9.23 Å². The lowest BCUT2D eigenvalue weighted by molar-refractivity contribution is 0.659. The minimum absolute atomic E-state index is 0.562. The number of hydrogen-bond acceptors (Lipinski definition) is 1. The Morgan fingerprint density at radius 2 is 0.926 bits per heavy atom. The number of hydrogen-bond donors (Lipinski definition) is 0. The third-order valence-corrected chi connectivity index (χ3v) is 8.86. The second-order valence-corrected chi connectivity index (χ2v) is 12.7. The smallest absolute Gasteiger partial charge is 0.178 e. The van der Waals surface area contributed by atoms with E-state index in [9.17, 15) is 0 Å². The van der Waals surface area contributed by atoms with Crippen molar-refractivity contribution in [1.82, 2.24) is 0 Å². The van der Waals surface area contributed by atoms with Crippen LogP contribution in [0.3, 0.4) is 0 Å². The van der Waals surface area contributed by atoms with Crippen molar-refractivity contribution >= 4 is 29.9 Å². The van der Waals surface area contributed by atoms with Gasteiger partial charge < -0.3 is 4.12 Å². The van der Waals surface area contributed by atoms with Crippen molar-refractivity contribution in [2.45, 2.75) is 79.1 Å². The van der Waals surface area contributed by atoms with Gasteiger partial charge in [0, 0.05) is 0 Å². The van der Waals surface area contributed by atoms with E-state index in [-0.39, 0.29) is 0 Å². The molecule has 0 saturated heterocycles. The van der Waals surface area contributed by atoms with Crippen molar-refractivity contribution in [2.24, 2.45) is 0 Å². The van der Waals surface area contributed by atoms with Crippen molar-refractivity contribution < 1.29 is 4.12 Å². The first kappa shape index (κ1) is 22.1. The second kappa shape index (κ2) is 9.86. The van der Waals surface area contributed by atoms with Crippen LogP contribution in [-0.4, -0.2) is 19.5 Å². The lowest BCUT2D eigenvalue weighted by Gasteiger charge is -2.22. The SMILES string of the molecule is CC(C)c1cccc([SiH2]O[SiH2]c2cccc(C(C)C)c2C(C)C)c1C(C)C. The number of benzene rings is 2. The summed E-state index contributed by atoms with van der Waals surface area (Å²) in [6.45, 7) is 18.5. The average Bonchev–Trinajstić information content (AvgIpc) is 2.60. The molecule has 2 aromatic carbocycles. The summed E-state index contributed by atoms with van der Waals surface area (Å²) in [5.74, 6) is 2.27. The first-order chi connectivity index (χ1) is 12.7. The van der Waals surface area contributed by atoms with Gasteiger partial charge in [0.15, 0.2) is 19.5 Å². The molecule has 2 rings (SSSR count). The van der Waals surface area contributed by atoms with Gasteiger partial charge in [0.25, 0.3) is 0 Å². The molecule has 0 aliphatic heterocycles. The Hall–Kier alpha value is -1.17. The zero-order valence-corrected chi connectivity index (χ0v) is 21.4. The van der Waals surface area contributed by atoms with Crippen LogP contribution in [0.15, 0.2) is 36.4 Å². The number of rotatable bonds is 8. The third kappa shape index (κ3) is 5.43. The highest BCUT2D eigenvalue weighted by atomic mass is 28.3. The van der Waals surface area contributed by atoms with Gasteiger partial charge in [-0.3, -0.25) is 0 Å². The van der Waals surface area contributed by atoms with Crippen LogP contribution in [0.2, 0.25) is 0 Å². The molecule has 0 aliphatic rings. The van der Waals surface area contributed by atoms with Gasteiger partial charge in [0.2, 0.25) is 0 Å². The predicted octanol–water partition coefficient (Wildman–Crippen LogP) is 4.32. The molecular weight excluding hydrogens is 360 g/mol. The molecule has 0 N–H and O–H groups in total. The van der Waals surface area contributed by atoms with Gasteiger partial charge in [0.05, 0.1) is 0 Å². The van der Waals surface area contributed by atoms with Crippen LogP contribution >= 0.6 is 0 Å². The summed E-state index contributed by atoms with van der Waals surface area (Å²) < 4.78 is 6.53. The van der Waals surface area contributed by atoms with Crippen molar-refractivity contribution in [3.05, 3.63) is 58.7 Å². The highest BCUT2D eigenvalue weighted by Gasteiger charge is 2.17. The van der Waals surface area contributed by atoms with E-state index in [4.69, 9.17) is 4.12 Å². The molecule has 1 nitrogen and oxygen atoms in total. The maximum absolute atomic E-state index is 6.53. The molecule has 148 valence electrons. The maximum atomic E-state index is 6.53. The minimum Gasteiger partial charge on any atom is -0.458 e. The monoisotopic (exact) mass is 398 g/mol. The molecule has 0 unspecified atom stereocenters. The molecule has 0 aliphatic carbocycles. The van der Waals surface area contributed by atoms with Gasteiger partial charge in [-0.2, -0.15) is 0 Å². The molecule has 0 amide bonds. The van der Waals surface area contributed by atoms with E-state index >= 15 is 0 Å². The summed E-state index contributed by atoms with van der Waals surface area (Å²) in [7, 11) is -1.38. The highest BCUT2D eigenvalue weighted by Crippen LogP contribution is 2.25. The summed E-state index contributed by atoms with van der Waals surface area (Å²) in [5, 5.41) is 3.02. The van der Waals surface area contributed by atoms with Crippen LogP contribution in [0.25, 0.3) is 0 Å². The van der Waals surface area contributed by atoms with Crippen molar-refractivity contribution in [3.8, 4) is 0 Å². The van der Waals surface area contributed by atoms with E-state index in [1.54, 1.807) is 11.1 Å². The van der Waals surface area contributed by atoms with Crippen LogP contribution in [0.1, 0.15) is 101 Å². The van der Waals surface area contributed by atoms with Gasteiger partial charge >= 0.3 is 0 Å². The molecule has 0 atom stereocenters. The molecule has 27 heavy (non-hydrogen) atoms. The zero-order valence-electron chi connectivity index (χ0n) is 18.6. The quantitative estimate of drug-likeness (QED) is 0.602. The average molecular weight is 399 g/mol. The fourth-order valence-corrected chi connectivity index (χ4v) is 8.37. The van der Waals surface area contributed by atoms with E-state index in [0.717, 1.165) is 0 Å². The predicted molar refractivity (Wildman–Crippen MR) is 127 cm³/mol. The van der Waals surface area contributed by atoms with E-state index in [1.807, 2.05) is 0 Å². The summed E-state index contributed by atoms with van der Waals surface area (Å²) >= 11 is 0. The maximum Gasteiger partial charge on any atom is 0.178 e. The van der Waals surface area contributed by atoms with Gasteiger partial charge in [-0.1, -0.05) is 91.8 Å². The first-order valence-electron chi connectivity index (χ1n) is 10.5. The van der Waals surface area contributed by atoms with E-state index in [2.05, 4.69) is 91.8 Å². The molecule has 0 bridgehead atoms. The molecule has 0 heterocycles. The van der Waals surface area contributed by atoms with Gasteiger partial charge in [-0.05, 0) is 56.3 Å². The molecule has 0 spiro atoms. The Morgan fingerprint density at radius 3 is 1.22 bits per heavy atom. The first-order valence-corrected chi connectivity index (χ1v) is 13.1. The molecule has 3 heteroatoms. The van der Waals surface area contributed by atoms with E-state index in [0.29, 0.717) is 23.7 Å². The summed E-state index contributed by atoms with van der Waals surface area (Å²) in [4.78, 5) is 0. The summed E-state index contributed by atoms with van der Waals surface area (Å²) in [6, 6.07) is 13.7. The van der Waals surface area contributed by atoms with E-state index < -0.39 is 19.5 Å². The molecule has 2 aromatic rings. The van der Waals surface area contributed by atoms with E-state index in [1.165, 1.54) is 21.5 Å². The van der Waals surface area contributed by atoms with Gasteiger partial charge in [0.1, 0.15) is 0 Å². The van der Waals surface area contributed by atoms with Crippen LogP contribution in [-0.2, 0) is 4.12 Å². The fourth-order valence-electron chi connectivity index (χ4n) is 4.20. The largest absolute Gasteiger partial charge is 0.458 e. The molecule has 0 saturated carbocycles. The molecule has 0 fully saturated rings. The normalized spacial score (nSPS) is 12.9. The summed E-state index contributed by atoms with van der Waals surface area (Å²) in [5.41, 5.74) is 6.11. The van der Waals surface area contributed by atoms with Crippen LogP contribution in [0, 0.1) is 0 Å². The Morgan fingerprint density at radius 1 is 0.556 bits per heavy atom. The zero-order chi connectivity index (χ0) is 20.1. The van der Waals surface area contributed by atoms with Crippen molar-refractivity contribution in [3.63, 3.8) is 0 Å². The lowest BCUT2D eigenvalue weighted by Crippen LogP contribution is -2.31. The van der Waals surface area contributed by atoms with Gasteiger partial charge in [-0.25, -0.2) is 0 Å². The Labute approximate surface area is 171 Å². The van der Waals surface area contributed by atoms with Crippen LogP contribution in [0.5, 0.6) is 0 Å². The highest BCUT2D eigenvalue weighted by molar-refractivity contribution is 6.60. The third-order valence-electron chi connectivity index (χ3n) is 5.37. The lowest BCUT2D eigenvalue weighted by atomic mass is 9.91. The van der Waals surface area contributed by atoms with Crippen molar-refractivity contribution in [2.75, 3.05) is 0 Å². The molecule has 0 radical (unpaired) electrons. The fraction of sp³-hybridized carbons (Fsp3) is 0.500. The van der Waals surface area contributed by atoms with Crippen LogP contribution < -0.4 is 10.4 Å². The Kier molecular flexibility index (Phi) is 8.08.